The minimum absolute atomic E-state index is 0.273. The van der Waals surface area contributed by atoms with Crippen LogP contribution in [0.4, 0.5) is 0 Å². The SMILES string of the molecule is CN(C)C(c1ccccc1)C(C)(O)C(=O)c1ccccc1. The van der Waals surface area contributed by atoms with Gasteiger partial charge in [0.15, 0.2) is 5.78 Å². The van der Waals surface area contributed by atoms with Gasteiger partial charge in [0.2, 0.25) is 0 Å². The highest BCUT2D eigenvalue weighted by molar-refractivity contribution is 6.02. The molecule has 110 valence electrons. The number of benzene rings is 2. The van der Waals surface area contributed by atoms with Gasteiger partial charge in [-0.15, -0.1) is 0 Å². The largest absolute Gasteiger partial charge is 0.380 e. The average molecular weight is 283 g/mol. The Balaban J connectivity index is 2.41. The van der Waals surface area contributed by atoms with E-state index in [2.05, 4.69) is 0 Å². The molecule has 2 aromatic carbocycles. The van der Waals surface area contributed by atoms with Crippen molar-refractivity contribution in [2.24, 2.45) is 0 Å². The average Bonchev–Trinajstić information content (AvgIpc) is 2.48. The van der Waals surface area contributed by atoms with E-state index in [1.165, 1.54) is 0 Å². The van der Waals surface area contributed by atoms with Gasteiger partial charge in [0, 0.05) is 5.56 Å². The van der Waals surface area contributed by atoms with Gasteiger partial charge in [-0.25, -0.2) is 0 Å². The van der Waals surface area contributed by atoms with Gasteiger partial charge in [-0.1, -0.05) is 60.7 Å². The number of rotatable bonds is 5. The van der Waals surface area contributed by atoms with Crippen molar-refractivity contribution in [2.75, 3.05) is 14.1 Å². The van der Waals surface area contributed by atoms with E-state index in [0.29, 0.717) is 5.56 Å². The quantitative estimate of drug-likeness (QED) is 0.858. The van der Waals surface area contributed by atoms with Gasteiger partial charge in [0.1, 0.15) is 5.60 Å². The van der Waals surface area contributed by atoms with Crippen LogP contribution in [0.2, 0.25) is 0 Å². The first-order chi connectivity index (χ1) is 9.94. The maximum Gasteiger partial charge on any atom is 0.196 e. The molecule has 2 aromatic rings. The highest BCUT2D eigenvalue weighted by Crippen LogP contribution is 2.32. The minimum Gasteiger partial charge on any atom is -0.380 e. The number of carbonyl (C=O) groups is 1. The molecule has 0 aliphatic rings. The summed E-state index contributed by atoms with van der Waals surface area (Å²) in [4.78, 5) is 14.6. The molecule has 2 unspecified atom stereocenters. The Hall–Kier alpha value is -1.97. The summed E-state index contributed by atoms with van der Waals surface area (Å²) < 4.78 is 0. The molecule has 0 aliphatic heterocycles. The smallest absolute Gasteiger partial charge is 0.196 e. The lowest BCUT2D eigenvalue weighted by Crippen LogP contribution is -2.47. The Morgan fingerprint density at radius 1 is 1.00 bits per heavy atom. The summed E-state index contributed by atoms with van der Waals surface area (Å²) in [6.07, 6.45) is 0. The second-order valence-corrected chi connectivity index (χ2v) is 5.62. The Labute approximate surface area is 125 Å². The third-order valence-electron chi connectivity index (χ3n) is 3.66. The molecule has 3 nitrogen and oxygen atoms in total. The van der Waals surface area contributed by atoms with E-state index in [1.807, 2.05) is 55.4 Å². The molecule has 0 saturated carbocycles. The van der Waals surface area contributed by atoms with Gasteiger partial charge in [-0.2, -0.15) is 0 Å². The van der Waals surface area contributed by atoms with E-state index in [9.17, 15) is 9.90 Å². The molecule has 0 saturated heterocycles. The van der Waals surface area contributed by atoms with E-state index in [-0.39, 0.29) is 5.78 Å². The molecule has 3 heteroatoms. The highest BCUT2D eigenvalue weighted by atomic mass is 16.3. The van der Waals surface area contributed by atoms with Crippen LogP contribution >= 0.6 is 0 Å². The number of nitrogens with zero attached hydrogens (tertiary/aromatic N) is 1. The Morgan fingerprint density at radius 2 is 1.48 bits per heavy atom. The van der Waals surface area contributed by atoms with E-state index in [1.54, 1.807) is 31.2 Å². The van der Waals surface area contributed by atoms with Crippen LogP contribution in [0.25, 0.3) is 0 Å². The van der Waals surface area contributed by atoms with Gasteiger partial charge in [-0.05, 0) is 26.6 Å². The number of hydrogen-bond donors (Lipinski definition) is 1. The second kappa shape index (κ2) is 6.20. The van der Waals surface area contributed by atoms with Gasteiger partial charge < -0.3 is 5.11 Å². The fraction of sp³-hybridized carbons (Fsp3) is 0.278. The lowest BCUT2D eigenvalue weighted by Gasteiger charge is -2.36. The Bertz CT molecular complexity index is 591. The number of carbonyl (C=O) groups excluding carboxylic acids is 1. The maximum absolute atomic E-state index is 12.7. The molecule has 0 radical (unpaired) electrons. The van der Waals surface area contributed by atoms with Crippen molar-refractivity contribution in [1.29, 1.82) is 0 Å². The van der Waals surface area contributed by atoms with Crippen molar-refractivity contribution in [2.45, 2.75) is 18.6 Å². The van der Waals surface area contributed by atoms with Gasteiger partial charge in [0.05, 0.1) is 6.04 Å². The predicted octanol–water partition coefficient (Wildman–Crippen LogP) is 2.92. The fourth-order valence-electron chi connectivity index (χ4n) is 2.77. The molecule has 21 heavy (non-hydrogen) atoms. The summed E-state index contributed by atoms with van der Waals surface area (Å²) in [6.45, 7) is 1.58. The summed E-state index contributed by atoms with van der Waals surface area (Å²) >= 11 is 0. The zero-order valence-electron chi connectivity index (χ0n) is 12.7. The number of aliphatic hydroxyl groups is 1. The molecule has 0 aromatic heterocycles. The van der Waals surface area contributed by atoms with E-state index >= 15 is 0 Å². The lowest BCUT2D eigenvalue weighted by atomic mass is 9.83. The Morgan fingerprint density at radius 3 is 1.95 bits per heavy atom. The first-order valence-corrected chi connectivity index (χ1v) is 6.98. The van der Waals surface area contributed by atoms with Crippen LogP contribution in [0.1, 0.15) is 28.9 Å². The van der Waals surface area contributed by atoms with Gasteiger partial charge >= 0.3 is 0 Å². The topological polar surface area (TPSA) is 40.5 Å². The van der Waals surface area contributed by atoms with E-state index in [0.717, 1.165) is 5.56 Å². The van der Waals surface area contributed by atoms with Crippen LogP contribution < -0.4 is 0 Å². The number of Topliss-reactive ketones (excluding diaryl/α,β-unsaturated/α-hetero) is 1. The van der Waals surface area contributed by atoms with Crippen molar-refractivity contribution in [3.63, 3.8) is 0 Å². The number of likely N-dealkylation sites (N-methyl/N-ethyl adjacent to an activating group) is 1. The third-order valence-corrected chi connectivity index (χ3v) is 3.66. The van der Waals surface area contributed by atoms with Crippen LogP contribution in [0.5, 0.6) is 0 Å². The molecule has 0 fully saturated rings. The summed E-state index contributed by atoms with van der Waals surface area (Å²) in [5.41, 5.74) is -0.0753. The first kappa shape index (κ1) is 15.4. The summed E-state index contributed by atoms with van der Waals surface area (Å²) in [5, 5.41) is 10.9. The predicted molar refractivity (Wildman–Crippen MR) is 84.3 cm³/mol. The monoisotopic (exact) mass is 283 g/mol. The minimum atomic E-state index is -1.51. The van der Waals surface area contributed by atoms with Crippen molar-refractivity contribution in [1.82, 2.24) is 4.90 Å². The van der Waals surface area contributed by atoms with E-state index in [4.69, 9.17) is 0 Å². The van der Waals surface area contributed by atoms with Crippen LogP contribution in [-0.2, 0) is 0 Å². The summed E-state index contributed by atoms with van der Waals surface area (Å²) in [6, 6.07) is 18.1. The van der Waals surface area contributed by atoms with Crippen LogP contribution in [-0.4, -0.2) is 35.5 Å². The second-order valence-electron chi connectivity index (χ2n) is 5.62. The van der Waals surface area contributed by atoms with Crippen LogP contribution in [0.3, 0.4) is 0 Å². The van der Waals surface area contributed by atoms with Gasteiger partial charge in [-0.3, -0.25) is 9.69 Å². The normalized spacial score (nSPS) is 15.5. The molecule has 0 bridgehead atoms. The van der Waals surface area contributed by atoms with Crippen molar-refractivity contribution in [3.05, 3.63) is 71.8 Å². The molecule has 2 atom stereocenters. The standard InChI is InChI=1S/C18H21NO2/c1-18(21,17(20)15-12-8-5-9-13-15)16(19(2)3)14-10-6-4-7-11-14/h4-13,16,21H,1-3H3. The molecule has 1 N–H and O–H groups in total. The molecule has 0 heterocycles. The summed E-state index contributed by atoms with van der Waals surface area (Å²) in [7, 11) is 3.73. The van der Waals surface area contributed by atoms with Crippen molar-refractivity contribution in [3.8, 4) is 0 Å². The highest BCUT2D eigenvalue weighted by Gasteiger charge is 2.41. The molecular weight excluding hydrogens is 262 g/mol. The summed E-state index contributed by atoms with van der Waals surface area (Å²) in [5.74, 6) is -0.273. The first-order valence-electron chi connectivity index (χ1n) is 6.98. The zero-order valence-corrected chi connectivity index (χ0v) is 12.7. The molecule has 2 rings (SSSR count). The van der Waals surface area contributed by atoms with Crippen LogP contribution in [0, 0.1) is 0 Å². The molecule has 0 amide bonds. The molecule has 0 aliphatic carbocycles. The lowest BCUT2D eigenvalue weighted by molar-refractivity contribution is -0.00493. The third kappa shape index (κ3) is 3.20. The van der Waals surface area contributed by atoms with Gasteiger partial charge in [0.25, 0.3) is 0 Å². The maximum atomic E-state index is 12.7. The number of hydrogen-bond acceptors (Lipinski definition) is 3. The molecular formula is C18H21NO2. The fourth-order valence-corrected chi connectivity index (χ4v) is 2.77. The van der Waals surface area contributed by atoms with Crippen molar-refractivity contribution >= 4 is 5.78 Å². The van der Waals surface area contributed by atoms with E-state index < -0.39 is 11.6 Å². The Kier molecular flexibility index (Phi) is 4.56. The van der Waals surface area contributed by atoms with Crippen molar-refractivity contribution < 1.29 is 9.90 Å². The molecule has 0 spiro atoms. The zero-order chi connectivity index (χ0) is 15.5. The van der Waals surface area contributed by atoms with Crippen LogP contribution in [0.15, 0.2) is 60.7 Å². The number of ketones is 1.